The Kier molecular flexibility index (Phi) is 5.73. The number of hydrogen-bond donors (Lipinski definition) is 1. The number of rotatable bonds is 6. The minimum atomic E-state index is -0.0963. The van der Waals surface area contributed by atoms with E-state index in [9.17, 15) is 4.79 Å². The molecule has 0 saturated heterocycles. The van der Waals surface area contributed by atoms with Gasteiger partial charge >= 0.3 is 0 Å². The van der Waals surface area contributed by atoms with E-state index in [0.717, 1.165) is 12.2 Å². The van der Waals surface area contributed by atoms with Crippen LogP contribution in [-0.4, -0.2) is 17.2 Å². The first-order valence-corrected chi connectivity index (χ1v) is 7.53. The van der Waals surface area contributed by atoms with Crippen LogP contribution in [0.4, 0.5) is 0 Å². The minimum Gasteiger partial charge on any atom is -0.351 e. The highest BCUT2D eigenvalue weighted by Crippen LogP contribution is 2.14. The maximum atomic E-state index is 11.7. The summed E-state index contributed by atoms with van der Waals surface area (Å²) in [5.74, 6) is 1.54. The quantitative estimate of drug-likeness (QED) is 0.852. The first-order chi connectivity index (χ1) is 8.43. The summed E-state index contributed by atoms with van der Waals surface area (Å²) in [6, 6.07) is 8.42. The van der Waals surface area contributed by atoms with Crippen LogP contribution < -0.4 is 5.32 Å². The number of thioether (sulfide) groups is 1. The fourth-order valence-electron chi connectivity index (χ4n) is 1.57. The van der Waals surface area contributed by atoms with Crippen molar-refractivity contribution in [3.63, 3.8) is 0 Å². The summed E-state index contributed by atoms with van der Waals surface area (Å²) in [7, 11) is 0. The van der Waals surface area contributed by atoms with Crippen molar-refractivity contribution in [2.75, 3.05) is 5.75 Å². The summed E-state index contributed by atoms with van der Waals surface area (Å²) in [6.45, 7) is 8.27. The molecule has 0 heterocycles. The van der Waals surface area contributed by atoms with Crippen LogP contribution in [0.2, 0.25) is 0 Å². The van der Waals surface area contributed by atoms with E-state index >= 15 is 0 Å². The van der Waals surface area contributed by atoms with Crippen molar-refractivity contribution in [2.45, 2.75) is 45.4 Å². The maximum Gasteiger partial charge on any atom is 0.230 e. The summed E-state index contributed by atoms with van der Waals surface area (Å²) >= 11 is 1.66. The Labute approximate surface area is 115 Å². The van der Waals surface area contributed by atoms with Gasteiger partial charge in [0.2, 0.25) is 5.91 Å². The lowest BCUT2D eigenvalue weighted by Crippen LogP contribution is -2.43. The first-order valence-electron chi connectivity index (χ1n) is 6.37. The molecule has 2 nitrogen and oxygen atoms in total. The van der Waals surface area contributed by atoms with Crippen molar-refractivity contribution in [3.05, 3.63) is 35.4 Å². The van der Waals surface area contributed by atoms with Gasteiger partial charge in [0, 0.05) is 11.3 Å². The number of carbonyl (C=O) groups excluding carboxylic acids is 1. The van der Waals surface area contributed by atoms with Crippen LogP contribution in [0.5, 0.6) is 0 Å². The topological polar surface area (TPSA) is 29.1 Å². The van der Waals surface area contributed by atoms with E-state index in [2.05, 4.69) is 57.3 Å². The minimum absolute atomic E-state index is 0.0963. The van der Waals surface area contributed by atoms with Gasteiger partial charge in [-0.2, -0.15) is 0 Å². The van der Waals surface area contributed by atoms with Gasteiger partial charge in [-0.3, -0.25) is 4.79 Å². The molecule has 100 valence electrons. The van der Waals surface area contributed by atoms with Crippen LogP contribution in [0, 0.1) is 6.92 Å². The number of benzene rings is 1. The van der Waals surface area contributed by atoms with E-state index in [1.54, 1.807) is 11.8 Å². The van der Waals surface area contributed by atoms with Gasteiger partial charge in [0.05, 0.1) is 5.75 Å². The van der Waals surface area contributed by atoms with Gasteiger partial charge < -0.3 is 5.32 Å². The molecular formula is C15H23NOS. The predicted molar refractivity (Wildman–Crippen MR) is 79.9 cm³/mol. The Hall–Kier alpha value is -0.960. The highest BCUT2D eigenvalue weighted by Gasteiger charge is 2.17. The zero-order chi connectivity index (χ0) is 13.6. The third-order valence-corrected chi connectivity index (χ3v) is 3.95. The van der Waals surface area contributed by atoms with Crippen molar-refractivity contribution in [3.8, 4) is 0 Å². The van der Waals surface area contributed by atoms with Gasteiger partial charge in [0.25, 0.3) is 0 Å². The molecule has 0 atom stereocenters. The van der Waals surface area contributed by atoms with Crippen LogP contribution in [0.3, 0.4) is 0 Å². The first kappa shape index (κ1) is 15.1. The molecule has 1 rings (SSSR count). The lowest BCUT2D eigenvalue weighted by Gasteiger charge is -2.24. The van der Waals surface area contributed by atoms with Gasteiger partial charge in [0.1, 0.15) is 0 Å². The second kappa shape index (κ2) is 6.83. The molecule has 0 aliphatic heterocycles. The smallest absolute Gasteiger partial charge is 0.230 e. The molecule has 0 bridgehead atoms. The average Bonchev–Trinajstić information content (AvgIpc) is 2.28. The Bertz CT molecular complexity index is 401. The van der Waals surface area contributed by atoms with Crippen molar-refractivity contribution in [1.29, 1.82) is 0 Å². The van der Waals surface area contributed by atoms with E-state index in [1.165, 1.54) is 11.1 Å². The standard InChI is InChI=1S/C15H23NOS/c1-5-15(3,4)16-14(17)11-18-10-13-8-6-7-12(2)9-13/h6-9H,5,10-11H2,1-4H3,(H,16,17). The Morgan fingerprint density at radius 2 is 2.11 bits per heavy atom. The molecule has 1 amide bonds. The molecule has 3 heteroatoms. The van der Waals surface area contributed by atoms with Crippen molar-refractivity contribution < 1.29 is 4.79 Å². The largest absolute Gasteiger partial charge is 0.351 e. The van der Waals surface area contributed by atoms with E-state index in [4.69, 9.17) is 0 Å². The zero-order valence-electron chi connectivity index (χ0n) is 11.7. The number of aryl methyl sites for hydroxylation is 1. The van der Waals surface area contributed by atoms with Gasteiger partial charge in [-0.1, -0.05) is 36.8 Å². The zero-order valence-corrected chi connectivity index (χ0v) is 12.6. The number of carbonyl (C=O) groups is 1. The molecule has 18 heavy (non-hydrogen) atoms. The van der Waals surface area contributed by atoms with E-state index in [0.29, 0.717) is 5.75 Å². The molecule has 0 saturated carbocycles. The lowest BCUT2D eigenvalue weighted by molar-refractivity contribution is -0.120. The normalized spacial score (nSPS) is 11.3. The molecule has 1 aromatic carbocycles. The fraction of sp³-hybridized carbons (Fsp3) is 0.533. The Morgan fingerprint density at radius 3 is 2.72 bits per heavy atom. The highest BCUT2D eigenvalue weighted by atomic mass is 32.2. The van der Waals surface area contributed by atoms with Crippen LogP contribution in [0.25, 0.3) is 0 Å². The SMILES string of the molecule is CCC(C)(C)NC(=O)CSCc1cccc(C)c1. The fourth-order valence-corrected chi connectivity index (χ4v) is 2.34. The maximum absolute atomic E-state index is 11.7. The number of nitrogens with one attached hydrogen (secondary N) is 1. The highest BCUT2D eigenvalue weighted by molar-refractivity contribution is 7.99. The van der Waals surface area contributed by atoms with E-state index in [1.807, 2.05) is 0 Å². The molecule has 0 aromatic heterocycles. The van der Waals surface area contributed by atoms with E-state index in [-0.39, 0.29) is 11.4 Å². The summed E-state index contributed by atoms with van der Waals surface area (Å²) in [5.41, 5.74) is 2.45. The van der Waals surface area contributed by atoms with Crippen molar-refractivity contribution in [2.24, 2.45) is 0 Å². The monoisotopic (exact) mass is 265 g/mol. The van der Waals surface area contributed by atoms with E-state index < -0.39 is 0 Å². The molecule has 0 fully saturated rings. The van der Waals surface area contributed by atoms with Crippen molar-refractivity contribution >= 4 is 17.7 Å². The van der Waals surface area contributed by atoms with Crippen LogP contribution >= 0.6 is 11.8 Å². The summed E-state index contributed by atoms with van der Waals surface area (Å²) in [6.07, 6.45) is 0.946. The molecular weight excluding hydrogens is 242 g/mol. The van der Waals surface area contributed by atoms with Gasteiger partial charge in [0.15, 0.2) is 0 Å². The molecule has 0 spiro atoms. The average molecular weight is 265 g/mol. The predicted octanol–water partition coefficient (Wildman–Crippen LogP) is 3.53. The van der Waals surface area contributed by atoms with Gasteiger partial charge in [-0.15, -0.1) is 11.8 Å². The van der Waals surface area contributed by atoms with Crippen LogP contribution in [0.15, 0.2) is 24.3 Å². The van der Waals surface area contributed by atoms with Gasteiger partial charge in [-0.05, 0) is 32.8 Å². The second-order valence-electron chi connectivity index (χ2n) is 5.27. The summed E-state index contributed by atoms with van der Waals surface area (Å²) < 4.78 is 0. The molecule has 0 unspecified atom stereocenters. The van der Waals surface area contributed by atoms with Gasteiger partial charge in [-0.25, -0.2) is 0 Å². The molecule has 0 aliphatic carbocycles. The molecule has 0 aliphatic rings. The summed E-state index contributed by atoms with van der Waals surface area (Å²) in [4.78, 5) is 11.7. The Balaban J connectivity index is 2.32. The summed E-state index contributed by atoms with van der Waals surface area (Å²) in [5, 5.41) is 3.04. The second-order valence-corrected chi connectivity index (χ2v) is 6.25. The molecule has 1 aromatic rings. The number of hydrogen-bond acceptors (Lipinski definition) is 2. The third kappa shape index (κ3) is 5.58. The van der Waals surface area contributed by atoms with Crippen LogP contribution in [-0.2, 0) is 10.5 Å². The van der Waals surface area contributed by atoms with Crippen LogP contribution in [0.1, 0.15) is 38.3 Å². The molecule has 1 N–H and O–H groups in total. The Morgan fingerprint density at radius 1 is 1.39 bits per heavy atom. The lowest BCUT2D eigenvalue weighted by atomic mass is 10.0. The van der Waals surface area contributed by atoms with Crippen molar-refractivity contribution in [1.82, 2.24) is 5.32 Å². The third-order valence-electron chi connectivity index (χ3n) is 2.95. The number of amides is 1. The molecule has 0 radical (unpaired) electrons.